The zero-order chi connectivity index (χ0) is 14.8. The summed E-state index contributed by atoms with van der Waals surface area (Å²) < 4.78 is 0.862. The van der Waals surface area contributed by atoms with Gasteiger partial charge in [0.25, 0.3) is 0 Å². The number of carboxylic acid groups (broad SMARTS) is 1. The lowest BCUT2D eigenvalue weighted by Gasteiger charge is -2.14. The van der Waals surface area contributed by atoms with Gasteiger partial charge in [-0.15, -0.1) is 0 Å². The lowest BCUT2D eigenvalue weighted by Crippen LogP contribution is -2.49. The first kappa shape index (κ1) is 14.5. The molecule has 1 aromatic rings. The molecule has 0 spiro atoms. The van der Waals surface area contributed by atoms with Crippen LogP contribution in [0.4, 0.5) is 4.79 Å². The molecule has 3 N–H and O–H groups in total. The van der Waals surface area contributed by atoms with Crippen LogP contribution in [0.3, 0.4) is 0 Å². The summed E-state index contributed by atoms with van der Waals surface area (Å²) in [5, 5.41) is 13.3. The van der Waals surface area contributed by atoms with Crippen molar-refractivity contribution in [3.63, 3.8) is 0 Å². The van der Waals surface area contributed by atoms with Gasteiger partial charge in [-0.3, -0.25) is 9.59 Å². The number of ketones is 1. The van der Waals surface area contributed by atoms with Gasteiger partial charge in [-0.2, -0.15) is 0 Å². The number of hydrogen-bond donors (Lipinski definition) is 3. The minimum Gasteiger partial charge on any atom is -0.465 e. The van der Waals surface area contributed by atoms with Gasteiger partial charge in [0.05, 0.1) is 6.54 Å². The number of carbonyl (C=O) groups excluding carboxylic acids is 2. The van der Waals surface area contributed by atoms with Crippen molar-refractivity contribution >= 4 is 33.7 Å². The van der Waals surface area contributed by atoms with Crippen LogP contribution in [0, 0.1) is 0 Å². The van der Waals surface area contributed by atoms with Gasteiger partial charge in [-0.25, -0.2) is 4.79 Å². The van der Waals surface area contributed by atoms with Crippen molar-refractivity contribution in [2.45, 2.75) is 18.4 Å². The molecule has 20 heavy (non-hydrogen) atoms. The second-order valence-corrected chi connectivity index (χ2v) is 5.54. The van der Waals surface area contributed by atoms with Crippen LogP contribution in [-0.2, 0) is 4.79 Å². The number of Topliss-reactive ketones (excluding diaryl/α,β-unsaturated/α-hetero) is 1. The van der Waals surface area contributed by atoms with Crippen LogP contribution in [0.15, 0.2) is 28.7 Å². The van der Waals surface area contributed by atoms with E-state index in [0.29, 0.717) is 18.4 Å². The lowest BCUT2D eigenvalue weighted by atomic mass is 10.1. The Labute approximate surface area is 123 Å². The fourth-order valence-electron chi connectivity index (χ4n) is 1.81. The number of carbonyl (C=O) groups is 3. The normalized spacial score (nSPS) is 15.2. The van der Waals surface area contributed by atoms with Crippen LogP contribution < -0.4 is 10.6 Å². The Bertz CT molecular complexity index is 552. The Kier molecular flexibility index (Phi) is 4.08. The van der Waals surface area contributed by atoms with E-state index in [4.69, 9.17) is 5.11 Å². The highest BCUT2D eigenvalue weighted by atomic mass is 79.9. The van der Waals surface area contributed by atoms with Gasteiger partial charge in [0.2, 0.25) is 5.91 Å². The highest BCUT2D eigenvalue weighted by Gasteiger charge is 2.51. The van der Waals surface area contributed by atoms with Crippen molar-refractivity contribution in [3.8, 4) is 0 Å². The first-order valence-corrected chi connectivity index (χ1v) is 6.80. The Morgan fingerprint density at radius 1 is 1.20 bits per heavy atom. The Morgan fingerprint density at radius 3 is 2.30 bits per heavy atom. The summed E-state index contributed by atoms with van der Waals surface area (Å²) in [5.74, 6) is -0.678. The molecule has 0 saturated heterocycles. The zero-order valence-electron chi connectivity index (χ0n) is 10.5. The second-order valence-electron chi connectivity index (χ2n) is 4.63. The number of hydrogen-bond acceptors (Lipinski definition) is 3. The second kappa shape index (κ2) is 5.62. The van der Waals surface area contributed by atoms with Gasteiger partial charge in [0.15, 0.2) is 5.78 Å². The Balaban J connectivity index is 1.89. The fraction of sp³-hybridized carbons (Fsp3) is 0.308. The van der Waals surface area contributed by atoms with E-state index in [0.717, 1.165) is 4.47 Å². The van der Waals surface area contributed by atoms with Crippen LogP contribution in [0.5, 0.6) is 0 Å². The molecule has 1 fully saturated rings. The maximum absolute atomic E-state index is 11.9. The summed E-state index contributed by atoms with van der Waals surface area (Å²) in [6, 6.07) is 6.79. The van der Waals surface area contributed by atoms with E-state index in [1.165, 1.54) is 0 Å². The molecule has 6 nitrogen and oxygen atoms in total. The molecule has 0 radical (unpaired) electrons. The SMILES string of the molecule is O=C(O)NC1(C(=O)NCC(=O)c2ccc(Br)cc2)CC1. The van der Waals surface area contributed by atoms with E-state index >= 15 is 0 Å². The van der Waals surface area contributed by atoms with Crippen LogP contribution >= 0.6 is 15.9 Å². The predicted octanol–water partition coefficient (Wildman–Crippen LogP) is 1.55. The lowest BCUT2D eigenvalue weighted by molar-refractivity contribution is -0.123. The van der Waals surface area contributed by atoms with Gasteiger partial charge in [0, 0.05) is 10.0 Å². The van der Waals surface area contributed by atoms with Crippen molar-refractivity contribution in [2.24, 2.45) is 0 Å². The van der Waals surface area contributed by atoms with Gasteiger partial charge in [0.1, 0.15) is 5.54 Å². The molecular weight excluding hydrogens is 328 g/mol. The molecule has 2 rings (SSSR count). The number of rotatable bonds is 5. The van der Waals surface area contributed by atoms with Gasteiger partial charge in [-0.1, -0.05) is 28.1 Å². The summed E-state index contributed by atoms with van der Waals surface area (Å²) in [6.45, 7) is -0.149. The molecule has 0 bridgehead atoms. The number of benzene rings is 1. The summed E-state index contributed by atoms with van der Waals surface area (Å²) in [7, 11) is 0. The van der Waals surface area contributed by atoms with Crippen LogP contribution in [0.2, 0.25) is 0 Å². The van der Waals surface area contributed by atoms with Crippen molar-refractivity contribution in [1.29, 1.82) is 0 Å². The molecule has 0 unspecified atom stereocenters. The Morgan fingerprint density at radius 2 is 1.80 bits per heavy atom. The van der Waals surface area contributed by atoms with E-state index in [1.54, 1.807) is 24.3 Å². The first-order chi connectivity index (χ1) is 9.43. The van der Waals surface area contributed by atoms with Crippen LogP contribution in [0.25, 0.3) is 0 Å². The zero-order valence-corrected chi connectivity index (χ0v) is 12.1. The summed E-state index contributed by atoms with van der Waals surface area (Å²) in [6.07, 6.45) is -0.327. The molecule has 1 aliphatic rings. The highest BCUT2D eigenvalue weighted by molar-refractivity contribution is 9.10. The van der Waals surface area contributed by atoms with E-state index in [9.17, 15) is 14.4 Å². The number of halogens is 1. The maximum Gasteiger partial charge on any atom is 0.405 e. The molecule has 1 aliphatic carbocycles. The van der Waals surface area contributed by atoms with Gasteiger partial charge in [-0.05, 0) is 25.0 Å². The summed E-state index contributed by atoms with van der Waals surface area (Å²) >= 11 is 3.27. The molecule has 2 amide bonds. The van der Waals surface area contributed by atoms with Crippen molar-refractivity contribution < 1.29 is 19.5 Å². The van der Waals surface area contributed by atoms with E-state index < -0.39 is 17.5 Å². The molecule has 0 heterocycles. The minimum atomic E-state index is -1.24. The third-order valence-electron chi connectivity index (χ3n) is 3.11. The fourth-order valence-corrected chi connectivity index (χ4v) is 2.07. The molecule has 7 heteroatoms. The first-order valence-electron chi connectivity index (χ1n) is 6.01. The summed E-state index contributed by atoms with van der Waals surface area (Å²) in [4.78, 5) is 34.3. The van der Waals surface area contributed by atoms with Gasteiger partial charge < -0.3 is 15.7 Å². The largest absolute Gasteiger partial charge is 0.465 e. The third kappa shape index (κ3) is 3.36. The number of nitrogens with one attached hydrogen (secondary N) is 2. The third-order valence-corrected chi connectivity index (χ3v) is 3.64. The van der Waals surface area contributed by atoms with Crippen molar-refractivity contribution in [2.75, 3.05) is 6.54 Å². The standard InChI is InChI=1S/C13H13BrN2O4/c14-9-3-1-8(2-4-9)10(17)7-15-11(18)13(5-6-13)16-12(19)20/h1-4,16H,5-7H2,(H,15,18)(H,19,20). The number of amides is 2. The van der Waals surface area contributed by atoms with Crippen LogP contribution in [-0.4, -0.2) is 35.0 Å². The monoisotopic (exact) mass is 340 g/mol. The maximum atomic E-state index is 11.9. The highest BCUT2D eigenvalue weighted by Crippen LogP contribution is 2.35. The van der Waals surface area contributed by atoms with Crippen molar-refractivity contribution in [1.82, 2.24) is 10.6 Å². The van der Waals surface area contributed by atoms with Crippen LogP contribution in [0.1, 0.15) is 23.2 Å². The molecule has 1 saturated carbocycles. The molecule has 0 aliphatic heterocycles. The quantitative estimate of drug-likeness (QED) is 0.708. The smallest absolute Gasteiger partial charge is 0.405 e. The van der Waals surface area contributed by atoms with E-state index in [1.807, 2.05) is 0 Å². The predicted molar refractivity (Wildman–Crippen MR) is 74.6 cm³/mol. The molecule has 0 atom stereocenters. The molecule has 1 aromatic carbocycles. The molecule has 0 aromatic heterocycles. The average molecular weight is 341 g/mol. The molecular formula is C13H13BrN2O4. The summed E-state index contributed by atoms with van der Waals surface area (Å²) in [5.41, 5.74) is -0.559. The average Bonchev–Trinajstić information content (AvgIpc) is 3.16. The Hall–Kier alpha value is -1.89. The van der Waals surface area contributed by atoms with E-state index in [2.05, 4.69) is 26.6 Å². The minimum absolute atomic E-state index is 0.149. The van der Waals surface area contributed by atoms with E-state index in [-0.39, 0.29) is 12.3 Å². The van der Waals surface area contributed by atoms with Crippen molar-refractivity contribution in [3.05, 3.63) is 34.3 Å². The van der Waals surface area contributed by atoms with Gasteiger partial charge >= 0.3 is 6.09 Å². The topological polar surface area (TPSA) is 95.5 Å². The molecule has 106 valence electrons.